The summed E-state index contributed by atoms with van der Waals surface area (Å²) in [6.07, 6.45) is 1.33. The minimum atomic E-state index is -1.02. The molecular weight excluding hydrogens is 244 g/mol. The Kier molecular flexibility index (Phi) is 5.85. The van der Waals surface area contributed by atoms with Crippen LogP contribution in [0.1, 0.15) is 31.4 Å². The third-order valence-electron chi connectivity index (χ3n) is 2.90. The van der Waals surface area contributed by atoms with Gasteiger partial charge in [0.2, 0.25) is 0 Å². The van der Waals surface area contributed by atoms with Crippen LogP contribution in [0.2, 0.25) is 0 Å². The topological polar surface area (TPSA) is 78.4 Å². The summed E-state index contributed by atoms with van der Waals surface area (Å²) in [5.74, 6) is -1.02. The summed E-state index contributed by atoms with van der Waals surface area (Å²) in [5, 5.41) is 13.9. The summed E-state index contributed by atoms with van der Waals surface area (Å²) >= 11 is 0. The van der Waals surface area contributed by atoms with Gasteiger partial charge in [0.05, 0.1) is 0 Å². The first kappa shape index (κ1) is 15.0. The molecule has 1 rings (SSSR count). The summed E-state index contributed by atoms with van der Waals surface area (Å²) in [6.45, 7) is 4.17. The second kappa shape index (κ2) is 7.41. The molecule has 0 fully saturated rings. The van der Waals surface area contributed by atoms with Crippen LogP contribution >= 0.6 is 0 Å². The molecule has 0 aliphatic carbocycles. The van der Waals surface area contributed by atoms with Crippen LogP contribution in [0.3, 0.4) is 0 Å². The first-order valence-corrected chi connectivity index (χ1v) is 6.41. The van der Waals surface area contributed by atoms with Gasteiger partial charge in [-0.25, -0.2) is 9.59 Å². The Labute approximate surface area is 113 Å². The van der Waals surface area contributed by atoms with E-state index in [4.69, 9.17) is 5.11 Å². The average molecular weight is 264 g/mol. The van der Waals surface area contributed by atoms with Gasteiger partial charge in [-0.3, -0.25) is 0 Å². The molecule has 0 saturated heterocycles. The average Bonchev–Trinajstić information content (AvgIpc) is 2.42. The van der Waals surface area contributed by atoms with Crippen LogP contribution in [-0.2, 0) is 17.8 Å². The number of urea groups is 1. The molecule has 0 unspecified atom stereocenters. The molecule has 5 heteroatoms. The van der Waals surface area contributed by atoms with E-state index in [0.29, 0.717) is 13.0 Å². The summed E-state index contributed by atoms with van der Waals surface area (Å²) in [5.41, 5.74) is 2.22. The van der Waals surface area contributed by atoms with E-state index in [1.807, 2.05) is 24.3 Å². The number of amides is 2. The minimum Gasteiger partial charge on any atom is -0.480 e. The number of benzene rings is 1. The van der Waals surface area contributed by atoms with Crippen LogP contribution in [-0.4, -0.2) is 23.1 Å². The molecule has 104 valence electrons. The van der Waals surface area contributed by atoms with E-state index in [1.54, 1.807) is 6.92 Å². The fraction of sp³-hybridized carbons (Fsp3) is 0.429. The molecular formula is C14H20N2O3. The number of aryl methyl sites for hydroxylation is 1. The van der Waals surface area contributed by atoms with Gasteiger partial charge in [-0.2, -0.15) is 0 Å². The maximum absolute atomic E-state index is 11.5. The van der Waals surface area contributed by atoms with Gasteiger partial charge in [-0.05, 0) is 24.0 Å². The molecule has 0 heterocycles. The molecule has 1 aromatic rings. The van der Waals surface area contributed by atoms with Crippen molar-refractivity contribution in [3.63, 3.8) is 0 Å². The number of carbonyl (C=O) groups is 2. The number of carboxylic acid groups (broad SMARTS) is 1. The molecule has 0 saturated carbocycles. The lowest BCUT2D eigenvalue weighted by atomic mass is 10.1. The van der Waals surface area contributed by atoms with Crippen LogP contribution in [0.5, 0.6) is 0 Å². The first-order valence-electron chi connectivity index (χ1n) is 6.41. The lowest BCUT2D eigenvalue weighted by molar-refractivity contribution is -0.139. The summed E-state index contributed by atoms with van der Waals surface area (Å²) in [6, 6.07) is 6.62. The van der Waals surface area contributed by atoms with E-state index in [-0.39, 0.29) is 0 Å². The van der Waals surface area contributed by atoms with Crippen molar-refractivity contribution in [2.75, 3.05) is 0 Å². The predicted octanol–water partition coefficient (Wildman–Crippen LogP) is 1.91. The largest absolute Gasteiger partial charge is 0.480 e. The number of carboxylic acids is 1. The second-order valence-corrected chi connectivity index (χ2v) is 4.30. The highest BCUT2D eigenvalue weighted by molar-refractivity contribution is 5.82. The summed E-state index contributed by atoms with van der Waals surface area (Å²) in [7, 11) is 0. The Bertz CT molecular complexity index is 429. The first-order chi connectivity index (χ1) is 9.06. The molecule has 0 bridgehead atoms. The number of aliphatic carboxylic acids is 1. The molecule has 2 amide bonds. The van der Waals surface area contributed by atoms with E-state index >= 15 is 0 Å². The number of rotatable bonds is 6. The number of hydrogen-bond acceptors (Lipinski definition) is 2. The summed E-state index contributed by atoms with van der Waals surface area (Å²) < 4.78 is 0. The second-order valence-electron chi connectivity index (χ2n) is 4.30. The van der Waals surface area contributed by atoms with E-state index in [1.165, 1.54) is 5.56 Å². The van der Waals surface area contributed by atoms with Gasteiger partial charge in [-0.15, -0.1) is 0 Å². The zero-order valence-electron chi connectivity index (χ0n) is 11.3. The van der Waals surface area contributed by atoms with Crippen LogP contribution in [0.25, 0.3) is 0 Å². The number of carbonyl (C=O) groups excluding carboxylic acids is 1. The van der Waals surface area contributed by atoms with Crippen molar-refractivity contribution in [2.45, 2.75) is 39.3 Å². The van der Waals surface area contributed by atoms with Crippen LogP contribution in [0.4, 0.5) is 4.79 Å². The van der Waals surface area contributed by atoms with Gasteiger partial charge in [0.1, 0.15) is 6.04 Å². The van der Waals surface area contributed by atoms with Crippen molar-refractivity contribution in [3.05, 3.63) is 35.4 Å². The molecule has 5 nitrogen and oxygen atoms in total. The van der Waals surface area contributed by atoms with Gasteiger partial charge < -0.3 is 15.7 Å². The third-order valence-corrected chi connectivity index (χ3v) is 2.90. The van der Waals surface area contributed by atoms with Gasteiger partial charge in [0.15, 0.2) is 0 Å². The highest BCUT2D eigenvalue weighted by Crippen LogP contribution is 2.04. The monoisotopic (exact) mass is 264 g/mol. The van der Waals surface area contributed by atoms with Gasteiger partial charge in [-0.1, -0.05) is 38.1 Å². The van der Waals surface area contributed by atoms with Gasteiger partial charge >= 0.3 is 12.0 Å². The maximum Gasteiger partial charge on any atom is 0.326 e. The predicted molar refractivity (Wildman–Crippen MR) is 72.9 cm³/mol. The smallest absolute Gasteiger partial charge is 0.326 e. The molecule has 0 spiro atoms. The van der Waals surface area contributed by atoms with Crippen molar-refractivity contribution in [1.29, 1.82) is 0 Å². The standard InChI is InChI=1S/C14H20N2O3/c1-3-10-5-7-11(8-6-10)9-15-14(19)16-12(4-2)13(17)18/h5-8,12H,3-4,9H2,1-2H3,(H,17,18)(H2,15,16,19)/t12-/m0/s1. The molecule has 3 N–H and O–H groups in total. The quantitative estimate of drug-likeness (QED) is 0.734. The number of nitrogens with one attached hydrogen (secondary N) is 2. The fourth-order valence-electron chi connectivity index (χ4n) is 1.62. The normalized spacial score (nSPS) is 11.7. The van der Waals surface area contributed by atoms with E-state index in [9.17, 15) is 9.59 Å². The van der Waals surface area contributed by atoms with Gasteiger partial charge in [0.25, 0.3) is 0 Å². The van der Waals surface area contributed by atoms with E-state index in [2.05, 4.69) is 17.6 Å². The summed E-state index contributed by atoms with van der Waals surface area (Å²) in [4.78, 5) is 22.3. The molecule has 1 aromatic carbocycles. The lowest BCUT2D eigenvalue weighted by Crippen LogP contribution is -2.45. The Morgan fingerprint density at radius 2 is 1.74 bits per heavy atom. The Hall–Kier alpha value is -2.04. The Balaban J connectivity index is 2.42. The molecule has 0 aliphatic rings. The molecule has 0 aliphatic heterocycles. The van der Waals surface area contributed by atoms with Crippen molar-refractivity contribution in [2.24, 2.45) is 0 Å². The number of hydrogen-bond donors (Lipinski definition) is 3. The van der Waals surface area contributed by atoms with E-state index in [0.717, 1.165) is 12.0 Å². The van der Waals surface area contributed by atoms with Crippen LogP contribution in [0.15, 0.2) is 24.3 Å². The molecule has 19 heavy (non-hydrogen) atoms. The van der Waals surface area contributed by atoms with Crippen LogP contribution < -0.4 is 10.6 Å². The molecule has 0 radical (unpaired) electrons. The maximum atomic E-state index is 11.5. The highest BCUT2D eigenvalue weighted by atomic mass is 16.4. The Morgan fingerprint density at radius 3 is 2.21 bits per heavy atom. The van der Waals surface area contributed by atoms with Crippen molar-refractivity contribution in [1.82, 2.24) is 10.6 Å². The zero-order chi connectivity index (χ0) is 14.3. The molecule has 1 atom stereocenters. The van der Waals surface area contributed by atoms with E-state index < -0.39 is 18.0 Å². The van der Waals surface area contributed by atoms with Crippen LogP contribution in [0, 0.1) is 0 Å². The van der Waals surface area contributed by atoms with Crippen molar-refractivity contribution in [3.8, 4) is 0 Å². The molecule has 0 aromatic heterocycles. The lowest BCUT2D eigenvalue weighted by Gasteiger charge is -2.13. The highest BCUT2D eigenvalue weighted by Gasteiger charge is 2.16. The van der Waals surface area contributed by atoms with Gasteiger partial charge in [0, 0.05) is 6.54 Å². The minimum absolute atomic E-state index is 0.355. The fourth-order valence-corrected chi connectivity index (χ4v) is 1.62. The third kappa shape index (κ3) is 4.99. The SMILES string of the molecule is CCc1ccc(CNC(=O)N[C@@H](CC)C(=O)O)cc1. The van der Waals surface area contributed by atoms with Crippen molar-refractivity contribution >= 4 is 12.0 Å². The zero-order valence-corrected chi connectivity index (χ0v) is 11.3. The Morgan fingerprint density at radius 1 is 1.16 bits per heavy atom. The van der Waals surface area contributed by atoms with Crippen molar-refractivity contribution < 1.29 is 14.7 Å².